The summed E-state index contributed by atoms with van der Waals surface area (Å²) in [6, 6.07) is 2.36. The largest absolute Gasteiger partial charge is 0.504 e. The predicted octanol–water partition coefficient (Wildman–Crippen LogP) is -1.10. The molecule has 4 aromatic carbocycles. The minimum atomic E-state index is -4.02. The normalized spacial score (nSPS) is 25.7. The van der Waals surface area contributed by atoms with E-state index in [1.54, 1.807) is 0 Å². The van der Waals surface area contributed by atoms with E-state index in [4.69, 9.17) is 33.2 Å². The summed E-state index contributed by atoms with van der Waals surface area (Å²) in [6.07, 6.45) is -12.1. The van der Waals surface area contributed by atoms with Gasteiger partial charge in [-0.05, 0) is 36.4 Å². The van der Waals surface area contributed by atoms with Crippen molar-refractivity contribution in [1.82, 2.24) is 0 Å². The van der Waals surface area contributed by atoms with Crippen molar-refractivity contribution in [3.05, 3.63) is 69.8 Å². The number of benzene rings is 4. The van der Waals surface area contributed by atoms with Crippen LogP contribution in [0.3, 0.4) is 0 Å². The minimum absolute atomic E-state index is 0.207. The molecule has 1 saturated heterocycles. The molecule has 1 aliphatic carbocycles. The number of rotatable bonds is 2. The smallest absolute Gasteiger partial charge is 0.340 e. The Balaban J connectivity index is 1.29. The fourth-order valence-electron chi connectivity index (χ4n) is 8.26. The van der Waals surface area contributed by atoms with Gasteiger partial charge in [0, 0.05) is 16.7 Å². The number of aromatic hydroxyl groups is 11. The quantitative estimate of drug-likeness (QED) is 0.0491. The Hall–Kier alpha value is -8.92. The summed E-state index contributed by atoms with van der Waals surface area (Å²) in [4.78, 5) is 84.6. The van der Waals surface area contributed by atoms with Crippen molar-refractivity contribution >= 4 is 35.6 Å². The monoisotopic (exact) mass is 952 g/mol. The number of carbonyl (C=O) groups is 6. The van der Waals surface area contributed by atoms with Gasteiger partial charge in [-0.3, -0.25) is 4.79 Å². The molecule has 354 valence electrons. The van der Waals surface area contributed by atoms with Crippen LogP contribution in [0.1, 0.15) is 52.9 Å². The molecule has 0 saturated carbocycles. The highest BCUT2D eigenvalue weighted by Gasteiger charge is 2.70. The van der Waals surface area contributed by atoms with Gasteiger partial charge in [-0.1, -0.05) is 0 Å². The Morgan fingerprint density at radius 3 is 1.68 bits per heavy atom. The molecule has 4 aliphatic heterocycles. The van der Waals surface area contributed by atoms with Gasteiger partial charge in [-0.25, -0.2) is 24.0 Å². The molecule has 5 unspecified atom stereocenters. The fraction of sp³-hybridized carbons (Fsp3) is 0.220. The number of fused-ring (bicyclic) bond motifs is 3. The van der Waals surface area contributed by atoms with Crippen LogP contribution < -0.4 is 4.74 Å². The molecule has 0 radical (unpaired) electrons. The molecule has 5 aliphatic rings. The van der Waals surface area contributed by atoms with E-state index in [1.807, 2.05) is 0 Å². The standard InChI is InChI=1S/C41H28O27/c42-13-1-8(2-14(43)24(13)48)34(54)67-39-33-32-30(64-38(58)12-6-19(47)40(59,60)41(61)23(12)22-11(37(57)66-33)5-17(46)27(51)31(22)68-41)18(63-39)7-62-35(55)9-3-15(44)25(49)28(52)20(9)21-10(36(56)65-32)4-16(45)26(50)29(21)53/h1-6,18,23,30,32-33,39,42-46,48-53,59-61H,7H2/t18?,23-,30?,32?,33?,39?,41+/m1/s1. The summed E-state index contributed by atoms with van der Waals surface area (Å²) in [7, 11) is 0. The van der Waals surface area contributed by atoms with Crippen LogP contribution in [-0.4, -0.2) is 156 Å². The molecule has 4 aromatic rings. The lowest BCUT2D eigenvalue weighted by atomic mass is 9.74. The number of hydrogen-bond donors (Lipinski definition) is 14. The number of phenols is 11. The van der Waals surface area contributed by atoms with Gasteiger partial charge in [-0.2, -0.15) is 0 Å². The molecule has 27 nitrogen and oxygen atoms in total. The van der Waals surface area contributed by atoms with E-state index < -0.39 is 204 Å². The van der Waals surface area contributed by atoms with Crippen molar-refractivity contribution in [2.24, 2.45) is 0 Å². The third-order valence-corrected chi connectivity index (χ3v) is 11.5. The maximum atomic E-state index is 14.6. The molecule has 9 rings (SSSR count). The van der Waals surface area contributed by atoms with Crippen molar-refractivity contribution in [1.29, 1.82) is 0 Å². The predicted molar refractivity (Wildman–Crippen MR) is 204 cm³/mol. The second kappa shape index (κ2) is 14.8. The van der Waals surface area contributed by atoms with E-state index in [9.17, 15) is 100 Å². The van der Waals surface area contributed by atoms with Gasteiger partial charge in [0.2, 0.25) is 35.4 Å². The second-order valence-corrected chi connectivity index (χ2v) is 15.5. The van der Waals surface area contributed by atoms with Crippen LogP contribution in [0, 0.1) is 0 Å². The van der Waals surface area contributed by atoms with Gasteiger partial charge >= 0.3 is 29.8 Å². The number of esters is 5. The van der Waals surface area contributed by atoms with Crippen molar-refractivity contribution in [2.75, 3.05) is 6.61 Å². The molecule has 1 fully saturated rings. The van der Waals surface area contributed by atoms with Crippen LogP contribution in [0.2, 0.25) is 0 Å². The Labute approximate surface area is 373 Å². The van der Waals surface area contributed by atoms with Crippen LogP contribution in [0.4, 0.5) is 0 Å². The molecule has 4 heterocycles. The summed E-state index contributed by atoms with van der Waals surface area (Å²) < 4.78 is 39.1. The maximum Gasteiger partial charge on any atom is 0.340 e. The topological polar surface area (TPSA) is 450 Å². The van der Waals surface area contributed by atoms with Gasteiger partial charge in [-0.15, -0.1) is 0 Å². The molecule has 4 bridgehead atoms. The van der Waals surface area contributed by atoms with E-state index in [0.29, 0.717) is 30.3 Å². The number of aliphatic hydroxyl groups is 3. The number of ether oxygens (including phenoxy) is 7. The van der Waals surface area contributed by atoms with Crippen LogP contribution in [0.5, 0.6) is 69.0 Å². The number of cyclic esters (lactones) is 1. The van der Waals surface area contributed by atoms with Crippen LogP contribution in [0.15, 0.2) is 42.0 Å². The molecule has 27 heteroatoms. The Kier molecular flexibility index (Phi) is 9.64. The summed E-state index contributed by atoms with van der Waals surface area (Å²) >= 11 is 0. The summed E-state index contributed by atoms with van der Waals surface area (Å²) in [5, 5.41) is 150. The first kappa shape index (κ1) is 44.3. The lowest BCUT2D eigenvalue weighted by molar-refractivity contribution is -0.323. The van der Waals surface area contributed by atoms with Crippen LogP contribution in [0.25, 0.3) is 11.1 Å². The van der Waals surface area contributed by atoms with E-state index in [2.05, 4.69) is 0 Å². The minimum Gasteiger partial charge on any atom is -0.504 e. The molecule has 7 atom stereocenters. The Bertz CT molecular complexity index is 3020. The SMILES string of the molecule is O=C1OC2C3COC(=O)c4cc(O)c(O)c(O)c4-c4c(cc(O)c(O)c4O)C(=O)OC2C(OC(=O)c2cc(O)c(O)c4c2[C@H]2C1=CC(=O)C(O)(O)[C@@]2(O)O4)C(OC(=O)c1cc(O)c(O)c(O)c1)O3. The van der Waals surface area contributed by atoms with Gasteiger partial charge in [0.15, 0.2) is 64.0 Å². The summed E-state index contributed by atoms with van der Waals surface area (Å²) in [5.74, 6) is -36.2. The zero-order chi connectivity index (χ0) is 49.4. The fourth-order valence-corrected chi connectivity index (χ4v) is 8.26. The lowest BCUT2D eigenvalue weighted by Crippen LogP contribution is -2.66. The third-order valence-electron chi connectivity index (χ3n) is 11.5. The molecule has 0 aromatic heterocycles. The van der Waals surface area contributed by atoms with Crippen LogP contribution >= 0.6 is 0 Å². The summed E-state index contributed by atoms with van der Waals surface area (Å²) in [6.45, 7) is -1.31. The van der Waals surface area contributed by atoms with Crippen molar-refractivity contribution in [3.63, 3.8) is 0 Å². The highest BCUT2D eigenvalue weighted by molar-refractivity contribution is 6.09. The number of carbonyl (C=O) groups excluding carboxylic acids is 6. The Morgan fingerprint density at radius 2 is 1.07 bits per heavy atom. The average Bonchev–Trinajstić information content (AvgIpc) is 3.61. The summed E-state index contributed by atoms with van der Waals surface area (Å²) in [5.41, 5.74) is -8.25. The highest BCUT2D eigenvalue weighted by atomic mass is 16.8. The first-order chi connectivity index (χ1) is 31.9. The molecule has 68 heavy (non-hydrogen) atoms. The number of ketones is 1. The lowest BCUT2D eigenvalue weighted by Gasteiger charge is -2.44. The van der Waals surface area contributed by atoms with Crippen molar-refractivity contribution in [3.8, 4) is 80.1 Å². The zero-order valence-electron chi connectivity index (χ0n) is 33.2. The van der Waals surface area contributed by atoms with Crippen LogP contribution in [-0.2, 0) is 38.0 Å². The molecule has 0 amide bonds. The average molecular weight is 953 g/mol. The van der Waals surface area contributed by atoms with Gasteiger partial charge < -0.3 is 105 Å². The van der Waals surface area contributed by atoms with E-state index in [1.165, 1.54) is 0 Å². The van der Waals surface area contributed by atoms with Crippen molar-refractivity contribution in [2.45, 2.75) is 48.2 Å². The third kappa shape index (κ3) is 6.21. The van der Waals surface area contributed by atoms with E-state index in [0.717, 1.165) is 0 Å². The first-order valence-corrected chi connectivity index (χ1v) is 19.1. The second-order valence-electron chi connectivity index (χ2n) is 15.5. The van der Waals surface area contributed by atoms with Gasteiger partial charge in [0.25, 0.3) is 11.6 Å². The molecule has 0 spiro atoms. The molecular formula is C41H28O27. The maximum absolute atomic E-state index is 14.6. The van der Waals surface area contributed by atoms with Gasteiger partial charge in [0.1, 0.15) is 12.7 Å². The Morgan fingerprint density at radius 1 is 0.574 bits per heavy atom. The number of phenolic OH excluding ortho intramolecular Hbond substituents is 11. The van der Waals surface area contributed by atoms with Gasteiger partial charge in [0.05, 0.1) is 33.7 Å². The van der Waals surface area contributed by atoms with E-state index in [-0.39, 0.29) is 6.08 Å². The first-order valence-electron chi connectivity index (χ1n) is 19.1. The molecular weight excluding hydrogens is 924 g/mol. The molecule has 14 N–H and O–H groups in total. The van der Waals surface area contributed by atoms with Crippen molar-refractivity contribution < 1.29 is 133 Å². The number of hydrogen-bond acceptors (Lipinski definition) is 27. The highest BCUT2D eigenvalue weighted by Crippen LogP contribution is 2.60. The van der Waals surface area contributed by atoms with E-state index >= 15 is 0 Å². The zero-order valence-corrected chi connectivity index (χ0v) is 33.2.